The number of methoxy groups -OCH3 is 1. The summed E-state index contributed by atoms with van der Waals surface area (Å²) in [6.07, 6.45) is 1.74. The van der Waals surface area contributed by atoms with Crippen LogP contribution < -0.4 is 9.47 Å². The van der Waals surface area contributed by atoms with Crippen molar-refractivity contribution < 1.29 is 13.9 Å². The molecule has 160 valence electrons. The van der Waals surface area contributed by atoms with E-state index in [-0.39, 0.29) is 12.4 Å². The van der Waals surface area contributed by atoms with Crippen molar-refractivity contribution in [2.45, 2.75) is 6.61 Å². The standard InChI is InChI=1S/C24H16Br2FN3O2/c1-31-18-5-6-21-22(11-18)30-24(29-21)16(12-28)7-15-9-19(25)23(20(26)10-15)32-13-14-3-2-4-17(27)8-14/h2-11H,13H2,1H3,(H,29,30)/b16-7-. The molecule has 0 amide bonds. The van der Waals surface area contributed by atoms with Gasteiger partial charge in [-0.3, -0.25) is 0 Å². The minimum atomic E-state index is -0.308. The smallest absolute Gasteiger partial charge is 0.149 e. The van der Waals surface area contributed by atoms with Gasteiger partial charge in [0.15, 0.2) is 0 Å². The monoisotopic (exact) mass is 555 g/mol. The largest absolute Gasteiger partial charge is 0.497 e. The third-order valence-corrected chi connectivity index (χ3v) is 5.85. The van der Waals surface area contributed by atoms with Crippen molar-refractivity contribution in [1.82, 2.24) is 9.97 Å². The van der Waals surface area contributed by atoms with Crippen LogP contribution in [0.4, 0.5) is 4.39 Å². The van der Waals surface area contributed by atoms with Crippen LogP contribution in [0.25, 0.3) is 22.7 Å². The van der Waals surface area contributed by atoms with E-state index in [0.29, 0.717) is 31.8 Å². The molecular weight excluding hydrogens is 541 g/mol. The molecule has 8 heteroatoms. The van der Waals surface area contributed by atoms with Gasteiger partial charge in [-0.1, -0.05) is 12.1 Å². The molecule has 0 aliphatic rings. The Labute approximate surface area is 200 Å². The fraction of sp³-hybridized carbons (Fsp3) is 0.0833. The first-order valence-electron chi connectivity index (χ1n) is 9.49. The van der Waals surface area contributed by atoms with Gasteiger partial charge in [0.2, 0.25) is 0 Å². The Morgan fingerprint density at radius 3 is 2.62 bits per heavy atom. The first-order chi connectivity index (χ1) is 15.5. The van der Waals surface area contributed by atoms with Crippen molar-refractivity contribution in [2.24, 2.45) is 0 Å². The molecule has 0 atom stereocenters. The van der Waals surface area contributed by atoms with E-state index in [1.165, 1.54) is 12.1 Å². The second kappa shape index (κ2) is 9.55. The van der Waals surface area contributed by atoms with Gasteiger partial charge in [-0.15, -0.1) is 0 Å². The van der Waals surface area contributed by atoms with Crippen molar-refractivity contribution in [3.8, 4) is 17.6 Å². The summed E-state index contributed by atoms with van der Waals surface area (Å²) in [6.45, 7) is 0.218. The highest BCUT2D eigenvalue weighted by molar-refractivity contribution is 9.11. The van der Waals surface area contributed by atoms with Crippen molar-refractivity contribution in [3.05, 3.63) is 86.3 Å². The summed E-state index contributed by atoms with van der Waals surface area (Å²) in [5, 5.41) is 9.71. The number of nitriles is 1. The maximum absolute atomic E-state index is 13.4. The van der Waals surface area contributed by atoms with Gasteiger partial charge in [-0.25, -0.2) is 9.37 Å². The highest BCUT2D eigenvalue weighted by atomic mass is 79.9. The molecule has 0 unspecified atom stereocenters. The topological polar surface area (TPSA) is 70.9 Å². The van der Waals surface area contributed by atoms with Crippen molar-refractivity contribution in [3.63, 3.8) is 0 Å². The van der Waals surface area contributed by atoms with Crippen LogP contribution in [0.15, 0.2) is 63.5 Å². The number of ether oxygens (including phenoxy) is 2. The lowest BCUT2D eigenvalue weighted by Gasteiger charge is -2.11. The number of aromatic amines is 1. The van der Waals surface area contributed by atoms with Crippen LogP contribution in [0.1, 0.15) is 17.0 Å². The highest BCUT2D eigenvalue weighted by Gasteiger charge is 2.12. The predicted molar refractivity (Wildman–Crippen MR) is 129 cm³/mol. The van der Waals surface area contributed by atoms with Gasteiger partial charge in [0.1, 0.15) is 35.8 Å². The normalized spacial score (nSPS) is 11.4. The number of hydrogen-bond donors (Lipinski definition) is 1. The highest BCUT2D eigenvalue weighted by Crippen LogP contribution is 2.36. The third kappa shape index (κ3) is 4.85. The Balaban J connectivity index is 1.60. The van der Waals surface area contributed by atoms with Gasteiger partial charge in [0, 0.05) is 6.07 Å². The number of benzene rings is 3. The van der Waals surface area contributed by atoms with E-state index in [0.717, 1.165) is 22.2 Å². The van der Waals surface area contributed by atoms with Gasteiger partial charge in [0.05, 0.1) is 32.7 Å². The van der Waals surface area contributed by atoms with Gasteiger partial charge in [-0.05, 0) is 85.5 Å². The Bertz CT molecular complexity index is 1350. The molecule has 5 nitrogen and oxygen atoms in total. The molecular formula is C24H16Br2FN3O2. The van der Waals surface area contributed by atoms with E-state index >= 15 is 0 Å². The summed E-state index contributed by atoms with van der Waals surface area (Å²) < 4.78 is 25.9. The summed E-state index contributed by atoms with van der Waals surface area (Å²) >= 11 is 7.04. The summed E-state index contributed by atoms with van der Waals surface area (Å²) in [5.74, 6) is 1.45. The molecule has 0 spiro atoms. The summed E-state index contributed by atoms with van der Waals surface area (Å²) in [5.41, 5.74) is 3.40. The maximum atomic E-state index is 13.4. The average Bonchev–Trinajstić information content (AvgIpc) is 3.20. The van der Waals surface area contributed by atoms with Crippen LogP contribution in [0.5, 0.6) is 11.5 Å². The summed E-state index contributed by atoms with van der Waals surface area (Å²) in [4.78, 5) is 7.67. The van der Waals surface area contributed by atoms with Gasteiger partial charge in [0.25, 0.3) is 0 Å². The average molecular weight is 557 g/mol. The quantitative estimate of drug-likeness (QED) is 0.263. The first kappa shape index (κ1) is 22.1. The lowest BCUT2D eigenvalue weighted by atomic mass is 10.1. The Hall–Kier alpha value is -3.15. The first-order valence-corrected chi connectivity index (χ1v) is 11.1. The second-order valence-electron chi connectivity index (χ2n) is 6.87. The molecule has 1 heterocycles. The molecule has 4 rings (SSSR count). The number of nitrogens with zero attached hydrogens (tertiary/aromatic N) is 2. The van der Waals surface area contributed by atoms with E-state index in [4.69, 9.17) is 9.47 Å². The molecule has 0 saturated carbocycles. The molecule has 1 N–H and O–H groups in total. The number of hydrogen-bond acceptors (Lipinski definition) is 4. The number of nitrogens with one attached hydrogen (secondary N) is 1. The Morgan fingerprint density at radius 2 is 1.94 bits per heavy atom. The van der Waals surface area contributed by atoms with Crippen molar-refractivity contribution in [2.75, 3.05) is 7.11 Å². The minimum Gasteiger partial charge on any atom is -0.497 e. The zero-order chi connectivity index (χ0) is 22.7. The molecule has 0 aliphatic heterocycles. The van der Waals surface area contributed by atoms with E-state index in [9.17, 15) is 9.65 Å². The van der Waals surface area contributed by atoms with Crippen LogP contribution in [0.2, 0.25) is 0 Å². The predicted octanol–water partition coefficient (Wildman–Crippen LogP) is 6.88. The molecule has 0 fully saturated rings. The SMILES string of the molecule is COc1ccc2nc(/C(C#N)=C\c3cc(Br)c(OCc4cccc(F)c4)c(Br)c3)[nH]c2c1. The zero-order valence-corrected chi connectivity index (χ0v) is 20.0. The van der Waals surface area contributed by atoms with E-state index in [1.54, 1.807) is 25.3 Å². The van der Waals surface area contributed by atoms with Crippen LogP contribution in [-0.4, -0.2) is 17.1 Å². The Morgan fingerprint density at radius 1 is 1.16 bits per heavy atom. The fourth-order valence-electron chi connectivity index (χ4n) is 3.15. The number of rotatable bonds is 6. The number of fused-ring (bicyclic) bond motifs is 1. The fourth-order valence-corrected chi connectivity index (χ4v) is 4.60. The third-order valence-electron chi connectivity index (χ3n) is 4.67. The van der Waals surface area contributed by atoms with Crippen LogP contribution in [0, 0.1) is 17.1 Å². The molecule has 0 bridgehead atoms. The number of halogens is 3. The molecule has 0 radical (unpaired) electrons. The lowest BCUT2D eigenvalue weighted by molar-refractivity contribution is 0.301. The van der Waals surface area contributed by atoms with Gasteiger partial charge < -0.3 is 14.5 Å². The van der Waals surface area contributed by atoms with E-state index in [1.807, 2.05) is 30.3 Å². The molecule has 0 aliphatic carbocycles. The second-order valence-corrected chi connectivity index (χ2v) is 8.58. The van der Waals surface area contributed by atoms with Crippen LogP contribution in [-0.2, 0) is 6.61 Å². The van der Waals surface area contributed by atoms with Crippen molar-refractivity contribution >= 4 is 54.5 Å². The maximum Gasteiger partial charge on any atom is 0.149 e. The van der Waals surface area contributed by atoms with Gasteiger partial charge >= 0.3 is 0 Å². The summed E-state index contributed by atoms with van der Waals surface area (Å²) in [7, 11) is 1.60. The van der Waals surface area contributed by atoms with Crippen LogP contribution >= 0.6 is 31.9 Å². The van der Waals surface area contributed by atoms with Crippen molar-refractivity contribution in [1.29, 1.82) is 5.26 Å². The molecule has 32 heavy (non-hydrogen) atoms. The lowest BCUT2D eigenvalue weighted by Crippen LogP contribution is -1.98. The van der Waals surface area contributed by atoms with Gasteiger partial charge in [-0.2, -0.15) is 5.26 Å². The van der Waals surface area contributed by atoms with E-state index < -0.39 is 0 Å². The summed E-state index contributed by atoms with van der Waals surface area (Å²) in [6, 6.07) is 17.6. The zero-order valence-electron chi connectivity index (χ0n) is 16.8. The minimum absolute atomic E-state index is 0.218. The molecule has 3 aromatic carbocycles. The molecule has 4 aromatic rings. The Kier molecular flexibility index (Phi) is 6.58. The molecule has 1 aromatic heterocycles. The number of aromatic nitrogens is 2. The number of imidazole rings is 1. The van der Waals surface area contributed by atoms with Crippen LogP contribution in [0.3, 0.4) is 0 Å². The molecule has 0 saturated heterocycles. The number of allylic oxidation sites excluding steroid dienone is 1. The van der Waals surface area contributed by atoms with E-state index in [2.05, 4.69) is 47.9 Å². The number of H-pyrrole nitrogens is 1.